The lowest BCUT2D eigenvalue weighted by Crippen LogP contribution is -2.34. The zero-order valence-corrected chi connectivity index (χ0v) is 8.48. The predicted octanol–water partition coefficient (Wildman–Crippen LogP) is 1.30. The van der Waals surface area contributed by atoms with Gasteiger partial charge in [0.15, 0.2) is 0 Å². The molecule has 0 aromatic carbocycles. The summed E-state index contributed by atoms with van der Waals surface area (Å²) in [5.41, 5.74) is 5.49. The van der Waals surface area contributed by atoms with E-state index < -0.39 is 0 Å². The normalized spacial score (nSPS) is 22.4. The van der Waals surface area contributed by atoms with Gasteiger partial charge in [-0.3, -0.25) is 0 Å². The molecule has 2 heterocycles. The van der Waals surface area contributed by atoms with Gasteiger partial charge in [-0.2, -0.15) is 0 Å². The van der Waals surface area contributed by atoms with Crippen molar-refractivity contribution in [2.45, 2.75) is 19.8 Å². The van der Waals surface area contributed by atoms with Crippen molar-refractivity contribution in [3.8, 4) is 0 Å². The van der Waals surface area contributed by atoms with E-state index in [0.29, 0.717) is 5.82 Å². The van der Waals surface area contributed by atoms with Crippen molar-refractivity contribution in [2.24, 2.45) is 5.92 Å². The van der Waals surface area contributed by atoms with Crippen LogP contribution in [0.15, 0.2) is 12.4 Å². The van der Waals surface area contributed by atoms with Gasteiger partial charge in [-0.15, -0.1) is 0 Å². The molecular formula is C10H16N4. The van der Waals surface area contributed by atoms with E-state index in [1.54, 1.807) is 12.4 Å². The van der Waals surface area contributed by atoms with Crippen molar-refractivity contribution in [2.75, 3.05) is 23.7 Å². The number of anilines is 2. The molecule has 1 saturated heterocycles. The smallest absolute Gasteiger partial charge is 0.147 e. The largest absolute Gasteiger partial charge is 0.382 e. The Morgan fingerprint density at radius 2 is 2.29 bits per heavy atom. The maximum Gasteiger partial charge on any atom is 0.147 e. The minimum absolute atomic E-state index is 0.485. The van der Waals surface area contributed by atoms with Crippen LogP contribution in [0.3, 0.4) is 0 Å². The highest BCUT2D eigenvalue weighted by Gasteiger charge is 2.17. The Morgan fingerprint density at radius 3 is 2.93 bits per heavy atom. The molecule has 0 saturated carbocycles. The van der Waals surface area contributed by atoms with Crippen molar-refractivity contribution in [1.29, 1.82) is 0 Å². The second-order valence-corrected chi connectivity index (χ2v) is 3.99. The molecule has 0 radical (unpaired) electrons. The highest BCUT2D eigenvalue weighted by atomic mass is 15.2. The summed E-state index contributed by atoms with van der Waals surface area (Å²) in [6, 6.07) is 0. The monoisotopic (exact) mass is 192 g/mol. The zero-order valence-electron chi connectivity index (χ0n) is 8.48. The Kier molecular flexibility index (Phi) is 2.52. The van der Waals surface area contributed by atoms with Crippen LogP contribution in [0.1, 0.15) is 19.8 Å². The summed E-state index contributed by atoms with van der Waals surface area (Å²) < 4.78 is 0. The first-order valence-corrected chi connectivity index (χ1v) is 5.08. The lowest BCUT2D eigenvalue weighted by atomic mass is 10.0. The standard InChI is InChI=1S/C10H16N4/c1-8-3-2-4-14(7-8)10-6-12-9(11)5-13-10/h5-6,8H,2-4,7H2,1H3,(H2,11,12). The molecule has 0 bridgehead atoms. The maximum absolute atomic E-state index is 5.49. The quantitative estimate of drug-likeness (QED) is 0.728. The molecule has 1 aliphatic rings. The molecule has 1 aliphatic heterocycles. The average Bonchev–Trinajstić information content (AvgIpc) is 2.19. The fraction of sp³-hybridized carbons (Fsp3) is 0.600. The number of aromatic nitrogens is 2. The first-order chi connectivity index (χ1) is 6.75. The van der Waals surface area contributed by atoms with Crippen LogP contribution >= 0.6 is 0 Å². The Labute approximate surface area is 84.2 Å². The highest BCUT2D eigenvalue weighted by Crippen LogP contribution is 2.20. The van der Waals surface area contributed by atoms with E-state index in [9.17, 15) is 0 Å². The van der Waals surface area contributed by atoms with Crippen LogP contribution < -0.4 is 10.6 Å². The summed E-state index contributed by atoms with van der Waals surface area (Å²) in [6.45, 7) is 4.44. The van der Waals surface area contributed by atoms with Crippen LogP contribution in [0.25, 0.3) is 0 Å². The summed E-state index contributed by atoms with van der Waals surface area (Å²) in [5.74, 6) is 2.19. The van der Waals surface area contributed by atoms with Crippen molar-refractivity contribution < 1.29 is 0 Å². The van der Waals surface area contributed by atoms with Gasteiger partial charge in [-0.25, -0.2) is 9.97 Å². The zero-order chi connectivity index (χ0) is 9.97. The molecule has 1 fully saturated rings. The molecule has 0 amide bonds. The Morgan fingerprint density at radius 1 is 1.43 bits per heavy atom. The third-order valence-electron chi connectivity index (χ3n) is 2.64. The second kappa shape index (κ2) is 3.82. The molecule has 2 rings (SSSR count). The van der Waals surface area contributed by atoms with E-state index in [2.05, 4.69) is 21.8 Å². The number of piperidine rings is 1. The molecule has 0 spiro atoms. The lowest BCUT2D eigenvalue weighted by molar-refractivity contribution is 0.444. The van der Waals surface area contributed by atoms with Crippen molar-refractivity contribution in [3.63, 3.8) is 0 Å². The molecule has 1 atom stereocenters. The molecule has 0 aliphatic carbocycles. The summed E-state index contributed by atoms with van der Waals surface area (Å²) >= 11 is 0. The van der Waals surface area contributed by atoms with E-state index in [1.165, 1.54) is 12.8 Å². The molecule has 1 aromatic rings. The Balaban J connectivity index is 2.10. The van der Waals surface area contributed by atoms with E-state index in [1.807, 2.05) is 0 Å². The maximum atomic E-state index is 5.49. The van der Waals surface area contributed by atoms with Crippen LogP contribution in [0.5, 0.6) is 0 Å². The van der Waals surface area contributed by atoms with Gasteiger partial charge in [0.25, 0.3) is 0 Å². The Hall–Kier alpha value is -1.32. The van der Waals surface area contributed by atoms with Crippen molar-refractivity contribution in [1.82, 2.24) is 9.97 Å². The van der Waals surface area contributed by atoms with Gasteiger partial charge < -0.3 is 10.6 Å². The van der Waals surface area contributed by atoms with Gasteiger partial charge in [-0.05, 0) is 18.8 Å². The average molecular weight is 192 g/mol. The fourth-order valence-corrected chi connectivity index (χ4v) is 1.89. The second-order valence-electron chi connectivity index (χ2n) is 3.99. The SMILES string of the molecule is CC1CCCN(c2cnc(N)cn2)C1. The molecule has 1 unspecified atom stereocenters. The van der Waals surface area contributed by atoms with E-state index >= 15 is 0 Å². The molecule has 2 N–H and O–H groups in total. The lowest BCUT2D eigenvalue weighted by Gasteiger charge is -2.31. The Bertz CT molecular complexity index is 295. The van der Waals surface area contributed by atoms with Gasteiger partial charge in [0.2, 0.25) is 0 Å². The summed E-state index contributed by atoms with van der Waals surface area (Å²) in [6.07, 6.45) is 5.94. The summed E-state index contributed by atoms with van der Waals surface area (Å²) in [7, 11) is 0. The molecule has 4 nitrogen and oxygen atoms in total. The third-order valence-corrected chi connectivity index (χ3v) is 2.64. The van der Waals surface area contributed by atoms with Gasteiger partial charge in [0.05, 0.1) is 12.4 Å². The van der Waals surface area contributed by atoms with Gasteiger partial charge in [-0.1, -0.05) is 6.92 Å². The summed E-state index contributed by atoms with van der Waals surface area (Å²) in [5, 5.41) is 0. The predicted molar refractivity (Wildman–Crippen MR) is 57.1 cm³/mol. The van der Waals surface area contributed by atoms with Gasteiger partial charge in [0, 0.05) is 13.1 Å². The number of nitrogens with two attached hydrogens (primary N) is 1. The number of nitrogen functional groups attached to an aromatic ring is 1. The van der Waals surface area contributed by atoms with Crippen LogP contribution in [-0.4, -0.2) is 23.1 Å². The van der Waals surface area contributed by atoms with Gasteiger partial charge in [0.1, 0.15) is 11.6 Å². The van der Waals surface area contributed by atoms with Crippen LogP contribution in [0.2, 0.25) is 0 Å². The number of nitrogens with zero attached hydrogens (tertiary/aromatic N) is 3. The topological polar surface area (TPSA) is 55.0 Å². The van der Waals surface area contributed by atoms with E-state index in [0.717, 1.165) is 24.8 Å². The first kappa shape index (κ1) is 9.24. The molecule has 14 heavy (non-hydrogen) atoms. The molecule has 4 heteroatoms. The first-order valence-electron chi connectivity index (χ1n) is 5.08. The van der Waals surface area contributed by atoms with Crippen molar-refractivity contribution in [3.05, 3.63) is 12.4 Å². The van der Waals surface area contributed by atoms with E-state index in [-0.39, 0.29) is 0 Å². The number of rotatable bonds is 1. The number of hydrogen-bond acceptors (Lipinski definition) is 4. The minimum atomic E-state index is 0.485. The molecule has 1 aromatic heterocycles. The van der Waals surface area contributed by atoms with Gasteiger partial charge >= 0.3 is 0 Å². The van der Waals surface area contributed by atoms with E-state index in [4.69, 9.17) is 5.73 Å². The molecular weight excluding hydrogens is 176 g/mol. The summed E-state index contributed by atoms with van der Waals surface area (Å²) in [4.78, 5) is 10.6. The fourth-order valence-electron chi connectivity index (χ4n) is 1.89. The van der Waals surface area contributed by atoms with Crippen LogP contribution in [-0.2, 0) is 0 Å². The third kappa shape index (κ3) is 1.95. The minimum Gasteiger partial charge on any atom is -0.382 e. The highest BCUT2D eigenvalue weighted by molar-refractivity contribution is 5.39. The van der Waals surface area contributed by atoms with Crippen molar-refractivity contribution >= 4 is 11.6 Å². The number of hydrogen-bond donors (Lipinski definition) is 1. The molecule has 76 valence electrons. The van der Waals surface area contributed by atoms with Crippen LogP contribution in [0, 0.1) is 5.92 Å². The van der Waals surface area contributed by atoms with Crippen LogP contribution in [0.4, 0.5) is 11.6 Å².